The number of carbonyl (C=O) groups is 3. The van der Waals surface area contributed by atoms with Crippen LogP contribution in [0.2, 0.25) is 0 Å². The van der Waals surface area contributed by atoms with Gasteiger partial charge in [-0.25, -0.2) is 0 Å². The minimum absolute atomic E-state index is 0.0116. The molecule has 100 valence electrons. The van der Waals surface area contributed by atoms with Crippen molar-refractivity contribution in [3.05, 3.63) is 35.4 Å². The van der Waals surface area contributed by atoms with Crippen molar-refractivity contribution in [3.63, 3.8) is 0 Å². The van der Waals surface area contributed by atoms with Gasteiger partial charge in [0.25, 0.3) is 11.8 Å². The summed E-state index contributed by atoms with van der Waals surface area (Å²) in [6.07, 6.45) is 0.0116. The van der Waals surface area contributed by atoms with Crippen LogP contribution in [0.5, 0.6) is 0 Å². The minimum atomic E-state index is -0.772. The lowest BCUT2D eigenvalue weighted by molar-refractivity contribution is -0.137. The fraction of sp³-hybridized carbons (Fsp3) is 0.308. The summed E-state index contributed by atoms with van der Waals surface area (Å²) in [4.78, 5) is 36.0. The third-order valence-corrected chi connectivity index (χ3v) is 3.11. The molecule has 0 spiro atoms. The van der Waals surface area contributed by atoms with Crippen LogP contribution in [-0.4, -0.2) is 35.7 Å². The van der Waals surface area contributed by atoms with Gasteiger partial charge in [0, 0.05) is 19.2 Å². The average molecular weight is 261 g/mol. The molecule has 0 aromatic heterocycles. The summed E-state index contributed by atoms with van der Waals surface area (Å²) in [5.74, 6) is -1.05. The van der Waals surface area contributed by atoms with Crippen LogP contribution < -0.4 is 11.1 Å². The molecule has 1 aromatic rings. The van der Waals surface area contributed by atoms with Crippen LogP contribution in [0.1, 0.15) is 22.3 Å². The van der Waals surface area contributed by atoms with Crippen molar-refractivity contribution in [2.24, 2.45) is 5.73 Å². The highest BCUT2D eigenvalue weighted by atomic mass is 16.2. The first-order valence-electron chi connectivity index (χ1n) is 5.93. The molecule has 6 nitrogen and oxygen atoms in total. The normalized spacial score (nSPS) is 18.8. The molecule has 0 saturated carbocycles. The second-order valence-electron chi connectivity index (χ2n) is 4.43. The first-order chi connectivity index (χ1) is 9.02. The van der Waals surface area contributed by atoms with Crippen LogP contribution >= 0.6 is 0 Å². The molecule has 0 aliphatic carbocycles. The maximum absolute atomic E-state index is 12.0. The Bertz CT molecular complexity index is 542. The number of likely N-dealkylation sites (N-methyl/N-ethyl adjacent to an activating group) is 1. The summed E-state index contributed by atoms with van der Waals surface area (Å²) in [5, 5.41) is 2.57. The Morgan fingerprint density at radius 3 is 2.79 bits per heavy atom. The van der Waals surface area contributed by atoms with Crippen molar-refractivity contribution in [1.29, 1.82) is 0 Å². The second-order valence-corrected chi connectivity index (χ2v) is 4.43. The van der Waals surface area contributed by atoms with E-state index < -0.39 is 6.04 Å². The maximum Gasteiger partial charge on any atom is 0.252 e. The summed E-state index contributed by atoms with van der Waals surface area (Å²) >= 11 is 0. The number of nitrogens with one attached hydrogen (secondary N) is 1. The van der Waals surface area contributed by atoms with Gasteiger partial charge in [0.05, 0.1) is 6.42 Å². The van der Waals surface area contributed by atoms with Gasteiger partial charge in [0.1, 0.15) is 6.04 Å². The molecular weight excluding hydrogens is 246 g/mol. The first kappa shape index (κ1) is 13.2. The summed E-state index contributed by atoms with van der Waals surface area (Å²) in [6, 6.07) is 6.07. The fourth-order valence-electron chi connectivity index (χ4n) is 1.95. The highest BCUT2D eigenvalue weighted by Gasteiger charge is 2.36. The van der Waals surface area contributed by atoms with E-state index in [1.54, 1.807) is 18.2 Å². The Morgan fingerprint density at radius 1 is 1.47 bits per heavy atom. The monoisotopic (exact) mass is 261 g/mol. The Balaban J connectivity index is 2.09. The van der Waals surface area contributed by atoms with Gasteiger partial charge in [-0.3, -0.25) is 19.3 Å². The quantitative estimate of drug-likeness (QED) is 0.726. The van der Waals surface area contributed by atoms with Crippen molar-refractivity contribution in [1.82, 2.24) is 10.2 Å². The number of rotatable bonds is 3. The molecule has 1 atom stereocenters. The van der Waals surface area contributed by atoms with Gasteiger partial charge in [0.15, 0.2) is 0 Å². The van der Waals surface area contributed by atoms with Gasteiger partial charge in [-0.05, 0) is 17.7 Å². The fourth-order valence-corrected chi connectivity index (χ4v) is 1.95. The summed E-state index contributed by atoms with van der Waals surface area (Å²) in [6.45, 7) is 0.338. The Kier molecular flexibility index (Phi) is 3.62. The van der Waals surface area contributed by atoms with Crippen LogP contribution in [0.15, 0.2) is 24.3 Å². The number of imide groups is 1. The van der Waals surface area contributed by atoms with Crippen molar-refractivity contribution in [2.75, 3.05) is 7.05 Å². The zero-order valence-corrected chi connectivity index (χ0v) is 10.6. The number of nitrogens with two attached hydrogens (primary N) is 1. The van der Waals surface area contributed by atoms with Gasteiger partial charge in [-0.1, -0.05) is 12.1 Å². The predicted molar refractivity (Wildman–Crippen MR) is 68.0 cm³/mol. The molecule has 3 N–H and O–H groups in total. The van der Waals surface area contributed by atoms with Crippen LogP contribution in [0.3, 0.4) is 0 Å². The van der Waals surface area contributed by atoms with E-state index in [0.717, 1.165) is 10.5 Å². The molecule has 0 radical (unpaired) electrons. The lowest BCUT2D eigenvalue weighted by atomic mass is 10.1. The van der Waals surface area contributed by atoms with E-state index >= 15 is 0 Å². The van der Waals surface area contributed by atoms with E-state index in [0.29, 0.717) is 12.1 Å². The molecule has 0 bridgehead atoms. The van der Waals surface area contributed by atoms with E-state index in [1.807, 2.05) is 6.07 Å². The van der Waals surface area contributed by atoms with Gasteiger partial charge < -0.3 is 11.1 Å². The van der Waals surface area contributed by atoms with Crippen LogP contribution in [-0.2, 0) is 16.1 Å². The zero-order chi connectivity index (χ0) is 14.0. The van der Waals surface area contributed by atoms with Crippen molar-refractivity contribution < 1.29 is 14.4 Å². The first-order valence-corrected chi connectivity index (χ1v) is 5.93. The second kappa shape index (κ2) is 5.19. The minimum Gasteiger partial charge on any atom is -0.340 e. The predicted octanol–water partition coefficient (Wildman–Crippen LogP) is -0.368. The highest BCUT2D eigenvalue weighted by Crippen LogP contribution is 2.12. The largest absolute Gasteiger partial charge is 0.340 e. The summed E-state index contributed by atoms with van der Waals surface area (Å²) in [7, 11) is 1.41. The third-order valence-electron chi connectivity index (χ3n) is 3.11. The number of carbonyl (C=O) groups excluding carboxylic acids is 3. The van der Waals surface area contributed by atoms with E-state index in [9.17, 15) is 14.4 Å². The lowest BCUT2D eigenvalue weighted by Gasteiger charge is -2.11. The Morgan fingerprint density at radius 2 is 2.21 bits per heavy atom. The molecule has 1 saturated heterocycles. The molecule has 1 aliphatic rings. The van der Waals surface area contributed by atoms with Crippen LogP contribution in [0.25, 0.3) is 0 Å². The van der Waals surface area contributed by atoms with Gasteiger partial charge in [-0.15, -0.1) is 0 Å². The average Bonchev–Trinajstić information content (AvgIpc) is 2.66. The Hall–Kier alpha value is -2.21. The topological polar surface area (TPSA) is 92.5 Å². The van der Waals surface area contributed by atoms with E-state index in [4.69, 9.17) is 5.73 Å². The summed E-state index contributed by atoms with van der Waals surface area (Å²) < 4.78 is 0. The van der Waals surface area contributed by atoms with Crippen molar-refractivity contribution in [2.45, 2.75) is 19.0 Å². The zero-order valence-electron chi connectivity index (χ0n) is 10.6. The molecule has 1 heterocycles. The Labute approximate surface area is 110 Å². The van der Waals surface area contributed by atoms with Gasteiger partial charge in [0.2, 0.25) is 5.91 Å². The maximum atomic E-state index is 12.0. The number of benzene rings is 1. The number of likely N-dealkylation sites (tertiary alicyclic amines) is 1. The SMILES string of the molecule is CN1C(=O)CC(NC(=O)c2cccc(CN)c2)C1=O. The molecule has 3 amide bonds. The van der Waals surface area contributed by atoms with E-state index in [-0.39, 0.29) is 24.1 Å². The molecule has 1 unspecified atom stereocenters. The molecule has 1 aliphatic heterocycles. The molecule has 6 heteroatoms. The molecular formula is C13H15N3O3. The highest BCUT2D eigenvalue weighted by molar-refractivity contribution is 6.08. The third kappa shape index (κ3) is 2.63. The number of nitrogens with zero attached hydrogens (tertiary/aromatic N) is 1. The van der Waals surface area contributed by atoms with Gasteiger partial charge >= 0.3 is 0 Å². The van der Waals surface area contributed by atoms with Crippen molar-refractivity contribution in [3.8, 4) is 0 Å². The summed E-state index contributed by atoms with van der Waals surface area (Å²) in [5.41, 5.74) is 6.76. The number of hydrogen-bond donors (Lipinski definition) is 2. The standard InChI is InChI=1S/C13H15N3O3/c1-16-11(17)6-10(13(16)19)15-12(18)9-4-2-3-8(5-9)7-14/h2-5,10H,6-7,14H2,1H3,(H,15,18). The lowest BCUT2D eigenvalue weighted by Crippen LogP contribution is -2.40. The van der Waals surface area contributed by atoms with E-state index in [2.05, 4.69) is 5.32 Å². The molecule has 2 rings (SSSR count). The molecule has 19 heavy (non-hydrogen) atoms. The molecule has 1 fully saturated rings. The molecule has 1 aromatic carbocycles. The number of amides is 3. The van der Waals surface area contributed by atoms with E-state index in [1.165, 1.54) is 7.05 Å². The number of hydrogen-bond acceptors (Lipinski definition) is 4. The van der Waals surface area contributed by atoms with Crippen LogP contribution in [0, 0.1) is 0 Å². The van der Waals surface area contributed by atoms with Crippen LogP contribution in [0.4, 0.5) is 0 Å². The van der Waals surface area contributed by atoms with Gasteiger partial charge in [-0.2, -0.15) is 0 Å². The van der Waals surface area contributed by atoms with Crippen molar-refractivity contribution >= 4 is 17.7 Å². The smallest absolute Gasteiger partial charge is 0.252 e.